The molecule has 0 bridgehead atoms. The minimum Gasteiger partial charge on any atom is -0.490 e. The Bertz CT molecular complexity index is 528. The van der Waals surface area contributed by atoms with Gasteiger partial charge in [0.1, 0.15) is 5.69 Å². The molecule has 0 aliphatic rings. The summed E-state index contributed by atoms with van der Waals surface area (Å²) in [6.45, 7) is 5.04. The van der Waals surface area contributed by atoms with E-state index in [1.54, 1.807) is 0 Å². The van der Waals surface area contributed by atoms with Crippen LogP contribution in [0.15, 0.2) is 18.2 Å². The fourth-order valence-corrected chi connectivity index (χ4v) is 2.09. The number of hydrogen-bond donors (Lipinski definition) is 1. The normalized spacial score (nSPS) is 10.3. The van der Waals surface area contributed by atoms with Crippen LogP contribution in [0.3, 0.4) is 0 Å². The molecule has 2 aromatic rings. The maximum atomic E-state index is 5.76. The van der Waals surface area contributed by atoms with Crippen molar-refractivity contribution in [2.45, 2.75) is 13.8 Å². The molecule has 1 aromatic heterocycles. The molecule has 0 spiro atoms. The van der Waals surface area contributed by atoms with Gasteiger partial charge in [-0.25, -0.2) is 0 Å². The van der Waals surface area contributed by atoms with Crippen LogP contribution < -0.4 is 15.2 Å². The molecule has 2 rings (SSSR count). The summed E-state index contributed by atoms with van der Waals surface area (Å²) in [6.07, 6.45) is 0. The summed E-state index contributed by atoms with van der Waals surface area (Å²) in [7, 11) is 0. The number of anilines is 1. The molecule has 0 amide bonds. The summed E-state index contributed by atoms with van der Waals surface area (Å²) >= 11 is 1.10. The van der Waals surface area contributed by atoms with Crippen molar-refractivity contribution < 1.29 is 9.47 Å². The molecule has 6 heteroatoms. The number of rotatable bonds is 5. The van der Waals surface area contributed by atoms with Crippen LogP contribution >= 0.6 is 11.7 Å². The molecule has 5 nitrogen and oxygen atoms in total. The number of benzene rings is 1. The summed E-state index contributed by atoms with van der Waals surface area (Å²) in [6, 6.07) is 5.64. The first kappa shape index (κ1) is 12.6. The number of aromatic nitrogens is 2. The third-order valence-electron chi connectivity index (χ3n) is 2.33. The molecule has 96 valence electrons. The van der Waals surface area contributed by atoms with E-state index in [-0.39, 0.29) is 0 Å². The van der Waals surface area contributed by atoms with E-state index in [2.05, 4.69) is 8.75 Å². The smallest absolute Gasteiger partial charge is 0.165 e. The highest BCUT2D eigenvalue weighted by atomic mass is 32.1. The third kappa shape index (κ3) is 2.53. The van der Waals surface area contributed by atoms with E-state index < -0.39 is 0 Å². The predicted octanol–water partition coefficient (Wildman–Crippen LogP) is 2.58. The van der Waals surface area contributed by atoms with E-state index in [1.165, 1.54) is 0 Å². The second-order valence-corrected chi connectivity index (χ2v) is 4.05. The number of hydrogen-bond acceptors (Lipinski definition) is 6. The van der Waals surface area contributed by atoms with Gasteiger partial charge in [0.25, 0.3) is 0 Å². The quantitative estimate of drug-likeness (QED) is 0.899. The molecule has 0 fully saturated rings. The second-order valence-electron chi connectivity index (χ2n) is 3.53. The molecule has 1 heterocycles. The zero-order valence-electron chi connectivity index (χ0n) is 10.3. The van der Waals surface area contributed by atoms with E-state index in [4.69, 9.17) is 15.2 Å². The molecule has 0 saturated heterocycles. The van der Waals surface area contributed by atoms with Gasteiger partial charge >= 0.3 is 0 Å². The Balaban J connectivity index is 2.39. The van der Waals surface area contributed by atoms with Gasteiger partial charge in [-0.15, -0.1) is 0 Å². The van der Waals surface area contributed by atoms with Crippen molar-refractivity contribution >= 4 is 17.5 Å². The van der Waals surface area contributed by atoms with Gasteiger partial charge in [-0.3, -0.25) is 0 Å². The summed E-state index contributed by atoms with van der Waals surface area (Å²) < 4.78 is 19.2. The third-order valence-corrected chi connectivity index (χ3v) is 2.87. The van der Waals surface area contributed by atoms with Crippen molar-refractivity contribution in [2.75, 3.05) is 18.9 Å². The number of nitrogen functional groups attached to an aromatic ring is 1. The Labute approximate surface area is 110 Å². The van der Waals surface area contributed by atoms with Crippen molar-refractivity contribution in [2.24, 2.45) is 0 Å². The van der Waals surface area contributed by atoms with Gasteiger partial charge < -0.3 is 15.2 Å². The van der Waals surface area contributed by atoms with Crippen molar-refractivity contribution in [3.8, 4) is 22.8 Å². The van der Waals surface area contributed by atoms with Crippen LogP contribution in [0, 0.1) is 0 Å². The maximum absolute atomic E-state index is 5.76. The van der Waals surface area contributed by atoms with Crippen molar-refractivity contribution in [1.29, 1.82) is 0 Å². The lowest BCUT2D eigenvalue weighted by Gasteiger charge is -2.11. The molecule has 18 heavy (non-hydrogen) atoms. The first-order valence-corrected chi connectivity index (χ1v) is 6.47. The SMILES string of the molecule is CCOc1ccc(-c2nsnc2N)cc1OCC. The minimum atomic E-state index is 0.437. The highest BCUT2D eigenvalue weighted by Gasteiger charge is 2.11. The molecule has 2 N–H and O–H groups in total. The fourth-order valence-electron chi connectivity index (χ4n) is 1.59. The Kier molecular flexibility index (Phi) is 3.99. The first-order chi connectivity index (χ1) is 8.76. The lowest BCUT2D eigenvalue weighted by Crippen LogP contribution is -1.99. The van der Waals surface area contributed by atoms with Crippen LogP contribution in [0.2, 0.25) is 0 Å². The number of nitrogens with two attached hydrogens (primary N) is 1. The molecule has 0 aliphatic carbocycles. The van der Waals surface area contributed by atoms with Crippen LogP contribution in [0.4, 0.5) is 5.82 Å². The zero-order valence-corrected chi connectivity index (χ0v) is 11.2. The molecular formula is C12H15N3O2S. The highest BCUT2D eigenvalue weighted by molar-refractivity contribution is 6.99. The summed E-state index contributed by atoms with van der Waals surface area (Å²) in [5.74, 6) is 1.86. The highest BCUT2D eigenvalue weighted by Crippen LogP contribution is 2.34. The van der Waals surface area contributed by atoms with Gasteiger partial charge in [0.05, 0.1) is 24.9 Å². The average Bonchev–Trinajstić information content (AvgIpc) is 2.78. The van der Waals surface area contributed by atoms with Crippen LogP contribution in [-0.4, -0.2) is 22.0 Å². The molecule has 0 aliphatic heterocycles. The predicted molar refractivity (Wildman–Crippen MR) is 72.1 cm³/mol. The molecular weight excluding hydrogens is 250 g/mol. The fraction of sp³-hybridized carbons (Fsp3) is 0.333. The van der Waals surface area contributed by atoms with Crippen molar-refractivity contribution in [1.82, 2.24) is 8.75 Å². The Morgan fingerprint density at radius 3 is 2.44 bits per heavy atom. The summed E-state index contributed by atoms with van der Waals surface area (Å²) in [5.41, 5.74) is 7.32. The van der Waals surface area contributed by atoms with E-state index in [0.29, 0.717) is 30.5 Å². The van der Waals surface area contributed by atoms with Crippen LogP contribution in [0.5, 0.6) is 11.5 Å². The number of ether oxygens (including phenoxy) is 2. The molecule has 1 aromatic carbocycles. The topological polar surface area (TPSA) is 70.3 Å². The van der Waals surface area contributed by atoms with E-state index in [0.717, 1.165) is 23.0 Å². The zero-order chi connectivity index (χ0) is 13.0. The summed E-state index contributed by atoms with van der Waals surface area (Å²) in [5, 5.41) is 0. The van der Waals surface area contributed by atoms with Crippen LogP contribution in [0.1, 0.15) is 13.8 Å². The Morgan fingerprint density at radius 1 is 1.11 bits per heavy atom. The first-order valence-electron chi connectivity index (χ1n) is 5.74. The second kappa shape index (κ2) is 5.68. The minimum absolute atomic E-state index is 0.437. The molecule has 0 atom stereocenters. The summed E-state index contributed by atoms with van der Waals surface area (Å²) in [4.78, 5) is 0. The molecule has 0 radical (unpaired) electrons. The van der Waals surface area contributed by atoms with Gasteiger partial charge in [-0.05, 0) is 32.0 Å². The monoisotopic (exact) mass is 265 g/mol. The van der Waals surface area contributed by atoms with E-state index in [1.807, 2.05) is 32.0 Å². The maximum Gasteiger partial charge on any atom is 0.165 e. The van der Waals surface area contributed by atoms with Crippen molar-refractivity contribution in [3.05, 3.63) is 18.2 Å². The number of nitrogens with zero attached hydrogens (tertiary/aromatic N) is 2. The molecule has 0 saturated carbocycles. The van der Waals surface area contributed by atoms with Crippen LogP contribution in [-0.2, 0) is 0 Å². The average molecular weight is 265 g/mol. The van der Waals surface area contributed by atoms with E-state index in [9.17, 15) is 0 Å². The van der Waals surface area contributed by atoms with Gasteiger partial charge in [0.2, 0.25) is 0 Å². The lowest BCUT2D eigenvalue weighted by atomic mass is 10.1. The van der Waals surface area contributed by atoms with Gasteiger partial charge in [-0.2, -0.15) is 8.75 Å². The van der Waals surface area contributed by atoms with Crippen molar-refractivity contribution in [3.63, 3.8) is 0 Å². The van der Waals surface area contributed by atoms with Gasteiger partial charge in [-0.1, -0.05) is 0 Å². The van der Waals surface area contributed by atoms with Crippen LogP contribution in [0.25, 0.3) is 11.3 Å². The molecule has 0 unspecified atom stereocenters. The Morgan fingerprint density at radius 2 is 1.83 bits per heavy atom. The lowest BCUT2D eigenvalue weighted by molar-refractivity contribution is 0.288. The largest absolute Gasteiger partial charge is 0.490 e. The Hall–Kier alpha value is -1.82. The van der Waals surface area contributed by atoms with E-state index >= 15 is 0 Å². The van der Waals surface area contributed by atoms with Gasteiger partial charge in [0, 0.05) is 5.56 Å². The standard InChI is InChI=1S/C12H15N3O2S/c1-3-16-9-6-5-8(7-10(9)17-4-2)11-12(13)15-18-14-11/h5-7H,3-4H2,1-2H3,(H2,13,15). The van der Waals surface area contributed by atoms with Gasteiger partial charge in [0.15, 0.2) is 17.3 Å².